The van der Waals surface area contributed by atoms with Crippen molar-refractivity contribution in [2.24, 2.45) is 0 Å². The van der Waals surface area contributed by atoms with Crippen LogP contribution < -0.4 is 10.1 Å². The lowest BCUT2D eigenvalue weighted by molar-refractivity contribution is 0.144. The van der Waals surface area contributed by atoms with E-state index in [2.05, 4.69) is 51.0 Å². The van der Waals surface area contributed by atoms with E-state index in [0.29, 0.717) is 24.1 Å². The Bertz CT molecular complexity index is 1360. The van der Waals surface area contributed by atoms with Crippen LogP contribution in [0, 0.1) is 0 Å². The van der Waals surface area contributed by atoms with E-state index in [-0.39, 0.29) is 0 Å². The second-order valence-corrected chi connectivity index (χ2v) is 9.80. The summed E-state index contributed by atoms with van der Waals surface area (Å²) >= 11 is 1.59. The zero-order valence-corrected chi connectivity index (χ0v) is 18.8. The molecule has 0 bridgehead atoms. The van der Waals surface area contributed by atoms with Crippen LogP contribution in [-0.2, 0) is 6.42 Å². The molecule has 0 atom stereocenters. The van der Waals surface area contributed by atoms with E-state index in [9.17, 15) is 9.90 Å². The maximum Gasteiger partial charge on any atom is 0.511 e. The molecule has 0 spiro atoms. The SMILES string of the molecule is O=C(O)Oc1c(C2CC2)csc1Cc1cccc(-c2ccc3ncnc(NC4CC4)c3c2)c1. The molecule has 2 fully saturated rings. The summed E-state index contributed by atoms with van der Waals surface area (Å²) in [4.78, 5) is 21.1. The zero-order chi connectivity index (χ0) is 22.4. The second-order valence-electron chi connectivity index (χ2n) is 8.84. The topological polar surface area (TPSA) is 84.3 Å². The van der Waals surface area contributed by atoms with Gasteiger partial charge in [0.25, 0.3) is 0 Å². The van der Waals surface area contributed by atoms with Crippen molar-refractivity contribution in [2.45, 2.75) is 44.1 Å². The molecule has 7 heteroatoms. The van der Waals surface area contributed by atoms with Crippen LogP contribution in [-0.4, -0.2) is 27.3 Å². The number of benzene rings is 2. The third kappa shape index (κ3) is 4.28. The van der Waals surface area contributed by atoms with E-state index in [1.165, 1.54) is 12.8 Å². The molecule has 2 saturated carbocycles. The molecule has 33 heavy (non-hydrogen) atoms. The Morgan fingerprint density at radius 3 is 2.73 bits per heavy atom. The Hall–Kier alpha value is -3.45. The number of hydrogen-bond donors (Lipinski definition) is 2. The van der Waals surface area contributed by atoms with Crippen molar-refractivity contribution in [3.8, 4) is 16.9 Å². The first-order valence-corrected chi connectivity index (χ1v) is 12.1. The lowest BCUT2D eigenvalue weighted by Crippen LogP contribution is -2.05. The summed E-state index contributed by atoms with van der Waals surface area (Å²) in [5.74, 6) is 1.87. The molecular formula is C26H23N3O3S. The molecule has 0 saturated heterocycles. The number of thiophene rings is 1. The maximum atomic E-state index is 11.3. The molecule has 166 valence electrons. The van der Waals surface area contributed by atoms with Crippen molar-refractivity contribution in [2.75, 3.05) is 5.32 Å². The van der Waals surface area contributed by atoms with Crippen LogP contribution in [0.3, 0.4) is 0 Å². The number of carboxylic acid groups (broad SMARTS) is 1. The Kier molecular flexibility index (Phi) is 4.99. The monoisotopic (exact) mass is 457 g/mol. The summed E-state index contributed by atoms with van der Waals surface area (Å²) in [5, 5.41) is 15.8. The highest BCUT2D eigenvalue weighted by atomic mass is 32.1. The fourth-order valence-corrected chi connectivity index (χ4v) is 5.31. The van der Waals surface area contributed by atoms with Gasteiger partial charge in [0, 0.05) is 23.4 Å². The number of ether oxygens (including phenoxy) is 1. The van der Waals surface area contributed by atoms with Gasteiger partial charge in [-0.1, -0.05) is 30.3 Å². The zero-order valence-electron chi connectivity index (χ0n) is 18.0. The highest BCUT2D eigenvalue weighted by Crippen LogP contribution is 2.48. The molecular weight excluding hydrogens is 434 g/mol. The van der Waals surface area contributed by atoms with Gasteiger partial charge in [-0.15, -0.1) is 11.3 Å². The van der Waals surface area contributed by atoms with Crippen molar-refractivity contribution >= 4 is 34.2 Å². The number of anilines is 1. The second kappa shape index (κ2) is 8.15. The number of fused-ring (bicyclic) bond motifs is 1. The van der Waals surface area contributed by atoms with E-state index in [1.807, 2.05) is 12.1 Å². The van der Waals surface area contributed by atoms with Gasteiger partial charge in [-0.25, -0.2) is 14.8 Å². The molecule has 0 radical (unpaired) electrons. The maximum absolute atomic E-state index is 11.3. The number of nitrogens with one attached hydrogen (secondary N) is 1. The summed E-state index contributed by atoms with van der Waals surface area (Å²) in [6.45, 7) is 0. The summed E-state index contributed by atoms with van der Waals surface area (Å²) < 4.78 is 5.21. The first kappa shape index (κ1) is 20.2. The Morgan fingerprint density at radius 1 is 1.09 bits per heavy atom. The molecule has 2 N–H and O–H groups in total. The Balaban J connectivity index is 1.32. The van der Waals surface area contributed by atoms with Crippen molar-refractivity contribution in [1.82, 2.24) is 9.97 Å². The number of nitrogens with zero attached hydrogens (tertiary/aromatic N) is 2. The van der Waals surface area contributed by atoms with Crippen LogP contribution in [0.15, 0.2) is 54.2 Å². The predicted molar refractivity (Wildman–Crippen MR) is 129 cm³/mol. The highest BCUT2D eigenvalue weighted by molar-refractivity contribution is 7.10. The first-order chi connectivity index (χ1) is 16.1. The lowest BCUT2D eigenvalue weighted by Gasteiger charge is -2.10. The van der Waals surface area contributed by atoms with Crippen LogP contribution in [0.5, 0.6) is 5.75 Å². The van der Waals surface area contributed by atoms with E-state index in [4.69, 9.17) is 4.74 Å². The van der Waals surface area contributed by atoms with Crippen LogP contribution in [0.4, 0.5) is 10.6 Å². The molecule has 0 aliphatic heterocycles. The molecule has 0 amide bonds. The molecule has 6 nitrogen and oxygen atoms in total. The van der Waals surface area contributed by atoms with Gasteiger partial charge in [0.2, 0.25) is 0 Å². The van der Waals surface area contributed by atoms with Gasteiger partial charge >= 0.3 is 6.16 Å². The number of aromatic nitrogens is 2. The molecule has 2 aliphatic carbocycles. The standard InChI is InChI=1S/C26H23N3O3S/c30-26(31)32-24-21(16-4-5-16)13-33-23(24)11-15-2-1-3-17(10-15)18-6-9-22-20(12-18)25(28-14-27-22)29-19-7-8-19/h1-3,6,9-10,12-14,16,19H,4-5,7-8,11H2,(H,30,31)(H,27,28,29). The number of carbonyl (C=O) groups is 1. The van der Waals surface area contributed by atoms with E-state index in [1.54, 1.807) is 17.7 Å². The third-order valence-electron chi connectivity index (χ3n) is 6.23. The minimum Gasteiger partial charge on any atom is -0.449 e. The predicted octanol–water partition coefficient (Wildman–Crippen LogP) is 6.46. The van der Waals surface area contributed by atoms with Crippen molar-refractivity contribution in [3.63, 3.8) is 0 Å². The molecule has 0 unspecified atom stereocenters. The van der Waals surface area contributed by atoms with Crippen molar-refractivity contribution in [1.29, 1.82) is 0 Å². The van der Waals surface area contributed by atoms with Crippen LogP contribution in [0.2, 0.25) is 0 Å². The fourth-order valence-electron chi connectivity index (χ4n) is 4.22. The fraction of sp³-hybridized carbons (Fsp3) is 0.269. The van der Waals surface area contributed by atoms with Gasteiger partial charge in [-0.3, -0.25) is 0 Å². The van der Waals surface area contributed by atoms with Gasteiger partial charge in [-0.2, -0.15) is 0 Å². The number of hydrogen-bond acceptors (Lipinski definition) is 6. The molecule has 2 heterocycles. The molecule has 4 aromatic rings. The molecule has 2 aromatic carbocycles. The first-order valence-electron chi connectivity index (χ1n) is 11.3. The summed E-state index contributed by atoms with van der Waals surface area (Å²) in [6.07, 6.45) is 5.58. The normalized spacial score (nSPS) is 15.5. The van der Waals surface area contributed by atoms with E-state index in [0.717, 1.165) is 56.7 Å². The van der Waals surface area contributed by atoms with Crippen molar-refractivity contribution in [3.05, 3.63) is 70.2 Å². The van der Waals surface area contributed by atoms with Crippen molar-refractivity contribution < 1.29 is 14.6 Å². The van der Waals surface area contributed by atoms with Gasteiger partial charge in [0.15, 0.2) is 5.75 Å². The van der Waals surface area contributed by atoms with Gasteiger partial charge in [0.1, 0.15) is 12.1 Å². The quantitative estimate of drug-likeness (QED) is 0.310. The Labute approximate surface area is 195 Å². The molecule has 2 aromatic heterocycles. The number of rotatable bonds is 7. The Morgan fingerprint density at radius 2 is 1.94 bits per heavy atom. The minimum absolute atomic E-state index is 0.439. The van der Waals surface area contributed by atoms with Crippen LogP contribution in [0.25, 0.3) is 22.0 Å². The molecule has 2 aliphatic rings. The average molecular weight is 458 g/mol. The largest absolute Gasteiger partial charge is 0.511 e. The third-order valence-corrected chi connectivity index (χ3v) is 7.21. The van der Waals surface area contributed by atoms with Crippen LogP contribution >= 0.6 is 11.3 Å². The van der Waals surface area contributed by atoms with E-state index >= 15 is 0 Å². The summed E-state index contributed by atoms with van der Waals surface area (Å²) in [6, 6.07) is 15.2. The van der Waals surface area contributed by atoms with Crippen LogP contribution in [0.1, 0.15) is 47.6 Å². The molecule has 6 rings (SSSR count). The minimum atomic E-state index is -1.25. The van der Waals surface area contributed by atoms with E-state index < -0.39 is 6.16 Å². The summed E-state index contributed by atoms with van der Waals surface area (Å²) in [5.41, 5.74) is 5.29. The lowest BCUT2D eigenvalue weighted by atomic mass is 9.99. The van der Waals surface area contributed by atoms with Gasteiger partial charge < -0.3 is 15.2 Å². The van der Waals surface area contributed by atoms with Gasteiger partial charge in [0.05, 0.1) is 10.4 Å². The summed E-state index contributed by atoms with van der Waals surface area (Å²) in [7, 11) is 0. The average Bonchev–Trinajstić information content (AvgIpc) is 3.75. The smallest absolute Gasteiger partial charge is 0.449 e. The van der Waals surface area contributed by atoms with Gasteiger partial charge in [-0.05, 0) is 65.8 Å². The highest BCUT2D eigenvalue weighted by Gasteiger charge is 2.30.